The van der Waals surface area contributed by atoms with Crippen molar-refractivity contribution in [1.82, 2.24) is 4.98 Å². The Morgan fingerprint density at radius 3 is 2.45 bits per heavy atom. The molecule has 0 aliphatic heterocycles. The number of aromatic nitrogens is 1. The number of nitrogen functional groups attached to an aromatic ring is 1. The Morgan fingerprint density at radius 1 is 1.45 bits per heavy atom. The molecule has 0 aromatic carbocycles. The molecule has 0 saturated heterocycles. The molecular formula is C8H11N3. The van der Waals surface area contributed by atoms with Crippen LogP contribution in [0, 0.1) is 11.3 Å². The lowest BCUT2D eigenvalue weighted by atomic mass is 10.3. The van der Waals surface area contributed by atoms with Crippen molar-refractivity contribution in [1.29, 1.82) is 5.26 Å². The van der Waals surface area contributed by atoms with Crippen molar-refractivity contribution in [2.75, 3.05) is 5.73 Å². The van der Waals surface area contributed by atoms with Gasteiger partial charge in [-0.3, -0.25) is 0 Å². The molecule has 0 aliphatic rings. The summed E-state index contributed by atoms with van der Waals surface area (Å²) in [6, 6.07) is 5.11. The molecule has 0 unspecified atom stereocenters. The summed E-state index contributed by atoms with van der Waals surface area (Å²) in [6.07, 6.45) is 1.46. The molecule has 11 heavy (non-hydrogen) atoms. The Hall–Kier alpha value is -1.56. The Kier molecular flexibility index (Phi) is 4.50. The van der Waals surface area contributed by atoms with Gasteiger partial charge in [0.25, 0.3) is 0 Å². The molecule has 1 aromatic heterocycles. The molecule has 1 rings (SSSR count). The maximum absolute atomic E-state index is 8.28. The third-order valence-electron chi connectivity index (χ3n) is 0.901. The van der Waals surface area contributed by atoms with Crippen LogP contribution in [0.25, 0.3) is 0 Å². The fraction of sp³-hybridized carbons (Fsp3) is 0.250. The third kappa shape index (κ3) is 3.21. The van der Waals surface area contributed by atoms with Gasteiger partial charge in [0.15, 0.2) is 0 Å². The molecule has 1 aromatic rings. The summed E-state index contributed by atoms with van der Waals surface area (Å²) in [5.41, 5.74) is 6.28. The number of anilines is 1. The van der Waals surface area contributed by atoms with Gasteiger partial charge in [-0.2, -0.15) is 5.26 Å². The highest BCUT2D eigenvalue weighted by molar-refractivity contribution is 5.37. The van der Waals surface area contributed by atoms with Crippen molar-refractivity contribution in [3.05, 3.63) is 24.0 Å². The average molecular weight is 149 g/mol. The minimum absolute atomic E-state index is 0.393. The van der Waals surface area contributed by atoms with Gasteiger partial charge >= 0.3 is 0 Å². The number of nitrogens with two attached hydrogens (primary N) is 1. The van der Waals surface area contributed by atoms with Crippen molar-refractivity contribution in [2.45, 2.75) is 13.8 Å². The zero-order chi connectivity index (χ0) is 8.69. The van der Waals surface area contributed by atoms with Crippen LogP contribution in [0.2, 0.25) is 0 Å². The third-order valence-corrected chi connectivity index (χ3v) is 0.901. The molecule has 2 N–H and O–H groups in total. The first-order chi connectivity index (χ1) is 5.33. The minimum atomic E-state index is 0.393. The first-order valence-corrected chi connectivity index (χ1v) is 3.44. The summed E-state index contributed by atoms with van der Waals surface area (Å²) in [7, 11) is 0. The average Bonchev–Trinajstić information content (AvgIpc) is 2.10. The Balaban J connectivity index is 0.000000461. The fourth-order valence-corrected chi connectivity index (χ4v) is 0.471. The van der Waals surface area contributed by atoms with Crippen LogP contribution < -0.4 is 5.73 Å². The van der Waals surface area contributed by atoms with Gasteiger partial charge in [0.2, 0.25) is 0 Å². The van der Waals surface area contributed by atoms with E-state index in [9.17, 15) is 0 Å². The van der Waals surface area contributed by atoms with Gasteiger partial charge < -0.3 is 5.73 Å². The molecular weight excluding hydrogens is 138 g/mol. The molecule has 1 heterocycles. The van der Waals surface area contributed by atoms with Crippen LogP contribution >= 0.6 is 0 Å². The summed E-state index contributed by atoms with van der Waals surface area (Å²) in [4.78, 5) is 3.71. The van der Waals surface area contributed by atoms with E-state index in [4.69, 9.17) is 11.0 Å². The number of hydrogen-bond acceptors (Lipinski definition) is 3. The van der Waals surface area contributed by atoms with Gasteiger partial charge in [-0.05, 0) is 12.1 Å². The van der Waals surface area contributed by atoms with E-state index in [1.807, 2.05) is 19.9 Å². The van der Waals surface area contributed by atoms with E-state index in [0.29, 0.717) is 11.4 Å². The molecule has 0 aliphatic carbocycles. The van der Waals surface area contributed by atoms with Crippen LogP contribution in [0.15, 0.2) is 18.3 Å². The molecule has 0 amide bonds. The normalized spacial score (nSPS) is 7.36. The van der Waals surface area contributed by atoms with Gasteiger partial charge in [0.1, 0.15) is 11.8 Å². The van der Waals surface area contributed by atoms with Crippen molar-refractivity contribution in [3.63, 3.8) is 0 Å². The molecule has 0 saturated carbocycles. The van der Waals surface area contributed by atoms with Crippen molar-refractivity contribution >= 4 is 5.69 Å². The quantitative estimate of drug-likeness (QED) is 0.608. The molecule has 0 spiro atoms. The molecule has 0 atom stereocenters. The largest absolute Gasteiger partial charge is 0.397 e. The van der Waals surface area contributed by atoms with Crippen LogP contribution in [0.1, 0.15) is 19.5 Å². The van der Waals surface area contributed by atoms with Crippen molar-refractivity contribution < 1.29 is 0 Å². The van der Waals surface area contributed by atoms with Crippen LogP contribution in [-0.2, 0) is 0 Å². The lowest BCUT2D eigenvalue weighted by Gasteiger charge is -1.87. The van der Waals surface area contributed by atoms with E-state index >= 15 is 0 Å². The van der Waals surface area contributed by atoms with Gasteiger partial charge in [-0.15, -0.1) is 0 Å². The van der Waals surface area contributed by atoms with Crippen LogP contribution in [0.5, 0.6) is 0 Å². The second-order valence-corrected chi connectivity index (χ2v) is 1.59. The van der Waals surface area contributed by atoms with E-state index in [2.05, 4.69) is 4.98 Å². The summed E-state index contributed by atoms with van der Waals surface area (Å²) in [5, 5.41) is 8.28. The van der Waals surface area contributed by atoms with E-state index in [0.717, 1.165) is 0 Å². The fourth-order valence-electron chi connectivity index (χ4n) is 0.471. The second-order valence-electron chi connectivity index (χ2n) is 1.59. The van der Waals surface area contributed by atoms with E-state index in [1.165, 1.54) is 6.20 Å². The topological polar surface area (TPSA) is 62.7 Å². The highest BCUT2D eigenvalue weighted by Gasteiger charge is 1.87. The van der Waals surface area contributed by atoms with Gasteiger partial charge in [0.05, 0.1) is 11.9 Å². The number of nitriles is 1. The Labute approximate surface area is 66.5 Å². The summed E-state index contributed by atoms with van der Waals surface area (Å²) in [6.45, 7) is 4.00. The molecule has 3 nitrogen and oxygen atoms in total. The van der Waals surface area contributed by atoms with Crippen LogP contribution in [0.4, 0.5) is 5.69 Å². The highest BCUT2D eigenvalue weighted by Crippen LogP contribution is 1.98. The molecule has 0 fully saturated rings. The SMILES string of the molecule is CC.N#Cc1ccc(N)cn1. The molecule has 0 bridgehead atoms. The second kappa shape index (κ2) is 5.24. The highest BCUT2D eigenvalue weighted by atomic mass is 14.7. The maximum Gasteiger partial charge on any atom is 0.140 e. The lowest BCUT2D eigenvalue weighted by molar-refractivity contribution is 1.27. The molecule has 58 valence electrons. The van der Waals surface area contributed by atoms with E-state index in [-0.39, 0.29) is 0 Å². The first kappa shape index (κ1) is 9.44. The van der Waals surface area contributed by atoms with Crippen LogP contribution in [0.3, 0.4) is 0 Å². The number of pyridine rings is 1. The van der Waals surface area contributed by atoms with Crippen molar-refractivity contribution in [3.8, 4) is 6.07 Å². The predicted octanol–water partition coefficient (Wildman–Crippen LogP) is 1.56. The van der Waals surface area contributed by atoms with Gasteiger partial charge in [0, 0.05) is 0 Å². The smallest absolute Gasteiger partial charge is 0.140 e. The van der Waals surface area contributed by atoms with Crippen LogP contribution in [-0.4, -0.2) is 4.98 Å². The predicted molar refractivity (Wildman–Crippen MR) is 44.7 cm³/mol. The standard InChI is InChI=1S/C6H5N3.C2H6/c7-3-6-2-1-5(8)4-9-6;1-2/h1-2,4H,8H2;1-2H3. The Morgan fingerprint density at radius 2 is 2.09 bits per heavy atom. The molecule has 3 heteroatoms. The minimum Gasteiger partial charge on any atom is -0.397 e. The summed E-state index contributed by atoms with van der Waals surface area (Å²) in [5.74, 6) is 0. The van der Waals surface area contributed by atoms with E-state index < -0.39 is 0 Å². The summed E-state index contributed by atoms with van der Waals surface area (Å²) >= 11 is 0. The number of hydrogen-bond donors (Lipinski definition) is 1. The monoisotopic (exact) mass is 149 g/mol. The first-order valence-electron chi connectivity index (χ1n) is 3.44. The van der Waals surface area contributed by atoms with Gasteiger partial charge in [-0.25, -0.2) is 4.98 Å². The van der Waals surface area contributed by atoms with Crippen molar-refractivity contribution in [2.24, 2.45) is 0 Å². The van der Waals surface area contributed by atoms with E-state index in [1.54, 1.807) is 12.1 Å². The number of nitrogens with zero attached hydrogens (tertiary/aromatic N) is 2. The zero-order valence-electron chi connectivity index (χ0n) is 6.70. The number of rotatable bonds is 0. The lowest BCUT2D eigenvalue weighted by Crippen LogP contribution is -1.86. The zero-order valence-corrected chi connectivity index (χ0v) is 6.70. The summed E-state index contributed by atoms with van der Waals surface area (Å²) < 4.78 is 0. The molecule has 0 radical (unpaired) electrons. The van der Waals surface area contributed by atoms with Gasteiger partial charge in [-0.1, -0.05) is 13.8 Å². The maximum atomic E-state index is 8.28. The Bertz CT molecular complexity index is 233.